The first-order valence-corrected chi connectivity index (χ1v) is 23.5. The summed E-state index contributed by atoms with van der Waals surface area (Å²) in [4.78, 5) is 4.93. The van der Waals surface area contributed by atoms with E-state index < -0.39 is 0 Å². The Morgan fingerprint density at radius 3 is 1.91 bits per heavy atom. The van der Waals surface area contributed by atoms with Gasteiger partial charge in [0, 0.05) is 68.5 Å². The summed E-state index contributed by atoms with van der Waals surface area (Å²) in [6.07, 6.45) is 1.92. The molecular formula is C60H63N4OPt-. The Labute approximate surface area is 407 Å². The Hall–Kier alpha value is -5.32. The van der Waals surface area contributed by atoms with Crippen LogP contribution < -0.4 is 13.9 Å². The van der Waals surface area contributed by atoms with Crippen LogP contribution in [0.5, 0.6) is 11.5 Å². The van der Waals surface area contributed by atoms with Crippen LogP contribution in [0.4, 0.5) is 22.7 Å². The minimum atomic E-state index is -0.0326. The van der Waals surface area contributed by atoms with Gasteiger partial charge >= 0.3 is 0 Å². The summed E-state index contributed by atoms with van der Waals surface area (Å²) in [6.45, 7) is 32.2. The van der Waals surface area contributed by atoms with E-state index in [1.165, 1.54) is 50.4 Å². The number of para-hydroxylation sites is 1. The molecule has 10 rings (SSSR count). The molecule has 0 saturated carbocycles. The van der Waals surface area contributed by atoms with Gasteiger partial charge < -0.3 is 9.30 Å². The van der Waals surface area contributed by atoms with E-state index in [4.69, 9.17) is 9.72 Å². The van der Waals surface area contributed by atoms with Gasteiger partial charge in [-0.1, -0.05) is 162 Å². The van der Waals surface area contributed by atoms with Gasteiger partial charge in [-0.05, 0) is 85.0 Å². The Bertz CT molecular complexity index is 3170. The fourth-order valence-electron chi connectivity index (χ4n) is 10.2. The molecule has 0 bridgehead atoms. The minimum absolute atomic E-state index is 0. The molecule has 0 radical (unpaired) electrons. The molecule has 2 aliphatic rings. The van der Waals surface area contributed by atoms with Crippen LogP contribution in [0.2, 0.25) is 0 Å². The fourth-order valence-corrected chi connectivity index (χ4v) is 10.2. The molecule has 5 nitrogen and oxygen atoms in total. The quantitative estimate of drug-likeness (QED) is 0.0861. The van der Waals surface area contributed by atoms with Gasteiger partial charge in [0.25, 0.3) is 0 Å². The van der Waals surface area contributed by atoms with E-state index in [1.54, 1.807) is 0 Å². The standard InChI is InChI=1S/C60H63N4O.Pt/c1-38(2)48-21-17-22-49(39(3)4)57(48)40-30-45(64-37-63(64,44-19-16-18-41(32-44)58(5,6)7)55-33-42(59(8,9)10)24-27-54(55)64)35-47(31-40)65-46-25-26-51-50-20-14-15-23-52(50)62(53(51)36-46)56-34-43(28-29-61-56)60(11,12)13;/h14-34,37-39H,1-13H3;/q-1;/t63-,64?;/m0./s1. The van der Waals surface area contributed by atoms with Crippen molar-refractivity contribution >= 4 is 44.6 Å². The van der Waals surface area contributed by atoms with Gasteiger partial charge in [-0.2, -0.15) is 10.7 Å². The monoisotopic (exact) mass is 1050 g/mol. The number of nitrogens with zero attached hydrogens (tertiary/aromatic N) is 4. The molecule has 0 amide bonds. The molecule has 8 aromatic rings. The van der Waals surface area contributed by atoms with Crippen molar-refractivity contribution < 1.29 is 25.8 Å². The SMILES string of the molecule is CC(C)c1cccc(C(C)C)c1-c1cc(Oc2[c-]c3c(cc2)c2ccccc2n3-c2cc(C(C)(C)C)ccn2)[c-]c([N+]23[CH-][N@+]2(c2cccc(C(C)(C)C)c2)c2cc(C(C)(C)C)ccc23)c1.[Pt]. The first kappa shape index (κ1) is 45.8. The van der Waals surface area contributed by atoms with Gasteiger partial charge in [-0.25, -0.2) is 9.58 Å². The largest absolute Gasteiger partial charge is 0.509 e. The molecule has 1 unspecified atom stereocenters. The third-order valence-corrected chi connectivity index (χ3v) is 13.9. The number of quaternary nitrogens is 2. The summed E-state index contributed by atoms with van der Waals surface area (Å²) in [5, 5.41) is 2.25. The van der Waals surface area contributed by atoms with Crippen molar-refractivity contribution in [2.45, 2.75) is 118 Å². The average molecular weight is 1050 g/mol. The molecule has 2 aliphatic heterocycles. The number of hydrogen-bond donors (Lipinski definition) is 0. The summed E-state index contributed by atoms with van der Waals surface area (Å²) in [7, 11) is 0. The summed E-state index contributed by atoms with van der Waals surface area (Å²) in [6, 6.07) is 52.6. The van der Waals surface area contributed by atoms with Gasteiger partial charge in [-0.15, -0.1) is 29.1 Å². The van der Waals surface area contributed by atoms with Crippen molar-refractivity contribution in [1.82, 2.24) is 18.7 Å². The zero-order valence-corrected chi connectivity index (χ0v) is 43.1. The van der Waals surface area contributed by atoms with Gasteiger partial charge in [0.05, 0.1) is 5.69 Å². The van der Waals surface area contributed by atoms with E-state index in [2.05, 4.69) is 235 Å². The van der Waals surface area contributed by atoms with Gasteiger partial charge in [0.1, 0.15) is 5.82 Å². The maximum atomic E-state index is 7.12. The first-order chi connectivity index (χ1) is 30.7. The third-order valence-electron chi connectivity index (χ3n) is 13.9. The number of aromatic nitrogens is 2. The molecule has 340 valence electrons. The maximum Gasteiger partial charge on any atom is 0.225 e. The Morgan fingerprint density at radius 1 is 0.576 bits per heavy atom. The van der Waals surface area contributed by atoms with Crippen molar-refractivity contribution in [2.24, 2.45) is 0 Å². The van der Waals surface area contributed by atoms with Crippen LogP contribution in [0.25, 0.3) is 38.8 Å². The topological polar surface area (TPSA) is 27.1 Å². The summed E-state index contributed by atoms with van der Waals surface area (Å²) >= 11 is 0. The number of rotatable bonds is 8. The zero-order chi connectivity index (χ0) is 46.0. The number of fused-ring (bicyclic) bond motifs is 7. The van der Waals surface area contributed by atoms with Crippen LogP contribution >= 0.6 is 0 Å². The third kappa shape index (κ3) is 7.20. The molecule has 0 N–H and O–H groups in total. The van der Waals surface area contributed by atoms with Crippen LogP contribution in [-0.4, -0.2) is 9.55 Å². The molecule has 6 aromatic carbocycles. The van der Waals surface area contributed by atoms with E-state index >= 15 is 0 Å². The van der Waals surface area contributed by atoms with E-state index in [0.717, 1.165) is 38.9 Å². The van der Waals surface area contributed by atoms with E-state index in [-0.39, 0.29) is 37.3 Å². The van der Waals surface area contributed by atoms with E-state index in [1.807, 2.05) is 6.20 Å². The van der Waals surface area contributed by atoms with E-state index in [0.29, 0.717) is 32.5 Å². The molecule has 1 saturated heterocycles. The zero-order valence-electron chi connectivity index (χ0n) is 40.9. The molecule has 0 spiro atoms. The second kappa shape index (κ2) is 15.9. The molecule has 1 fully saturated rings. The molecule has 4 heterocycles. The van der Waals surface area contributed by atoms with Crippen LogP contribution in [0.3, 0.4) is 0 Å². The molecule has 6 heteroatoms. The molecule has 2 atom stereocenters. The predicted octanol–water partition coefficient (Wildman–Crippen LogP) is 16.7. The van der Waals surface area contributed by atoms with Gasteiger partial charge in [0.2, 0.25) is 11.4 Å². The summed E-state index contributed by atoms with van der Waals surface area (Å²) < 4.78 is 10.5. The van der Waals surface area contributed by atoms with Gasteiger partial charge in [-0.3, -0.25) is 0 Å². The number of benzene rings is 6. The van der Waals surface area contributed by atoms with Crippen LogP contribution in [0, 0.1) is 18.8 Å². The van der Waals surface area contributed by atoms with Crippen molar-refractivity contribution in [1.29, 1.82) is 0 Å². The minimum Gasteiger partial charge on any atom is -0.509 e. The number of hydrogen-bond acceptors (Lipinski definition) is 2. The van der Waals surface area contributed by atoms with Crippen LogP contribution in [0.1, 0.15) is 130 Å². The Morgan fingerprint density at radius 2 is 1.23 bits per heavy atom. The van der Waals surface area contributed by atoms with Crippen molar-refractivity contribution in [3.8, 4) is 28.4 Å². The van der Waals surface area contributed by atoms with Crippen LogP contribution in [-0.2, 0) is 37.3 Å². The van der Waals surface area contributed by atoms with Crippen LogP contribution in [0.15, 0.2) is 128 Å². The normalized spacial score (nSPS) is 18.0. The van der Waals surface area contributed by atoms with Gasteiger partial charge in [0.15, 0.2) is 12.4 Å². The Balaban J connectivity index is 0.00000548. The number of ether oxygens (including phenoxy) is 1. The fraction of sp³-hybridized carbons (Fsp3) is 0.300. The average Bonchev–Trinajstić information content (AvgIpc) is 3.75. The first-order valence-electron chi connectivity index (χ1n) is 23.5. The summed E-state index contributed by atoms with van der Waals surface area (Å²) in [5.41, 5.74) is 15.8. The predicted molar refractivity (Wildman–Crippen MR) is 273 cm³/mol. The summed E-state index contributed by atoms with van der Waals surface area (Å²) in [5.74, 6) is 2.79. The molecule has 2 aromatic heterocycles. The molecule has 0 aliphatic carbocycles. The molecular weight excluding hydrogens is 988 g/mol. The Kier molecular flexibility index (Phi) is 11.0. The smallest absolute Gasteiger partial charge is 0.225 e. The second-order valence-corrected chi connectivity index (χ2v) is 22.2. The second-order valence-electron chi connectivity index (χ2n) is 22.2. The van der Waals surface area contributed by atoms with E-state index in [9.17, 15) is 0 Å². The molecule has 66 heavy (non-hydrogen) atoms. The van der Waals surface area contributed by atoms with Crippen molar-refractivity contribution in [2.75, 3.05) is 0 Å². The van der Waals surface area contributed by atoms with Crippen molar-refractivity contribution in [3.05, 3.63) is 174 Å². The number of pyridine rings is 1. The van der Waals surface area contributed by atoms with Crippen molar-refractivity contribution in [3.63, 3.8) is 0 Å². The maximum absolute atomic E-state index is 7.12.